The summed E-state index contributed by atoms with van der Waals surface area (Å²) in [6.07, 6.45) is -0.891. The van der Waals surface area contributed by atoms with Crippen LogP contribution in [0.3, 0.4) is 0 Å². The molecular formula is C28H32O10. The van der Waals surface area contributed by atoms with Crippen molar-refractivity contribution in [2.75, 3.05) is 42.7 Å². The van der Waals surface area contributed by atoms with Crippen molar-refractivity contribution in [1.29, 1.82) is 0 Å². The summed E-state index contributed by atoms with van der Waals surface area (Å²) in [7, 11) is 7.96. The van der Waals surface area contributed by atoms with Crippen molar-refractivity contribution < 1.29 is 47.5 Å². The number of ether oxygens (including phenoxy) is 7. The second kappa shape index (κ2) is 10.3. The monoisotopic (exact) mass is 528 g/mol. The van der Waals surface area contributed by atoms with Gasteiger partial charge >= 0.3 is 17.9 Å². The maximum atomic E-state index is 13.9. The van der Waals surface area contributed by atoms with Crippen molar-refractivity contribution in [3.8, 4) is 11.5 Å². The number of carbonyl (C=O) groups is 3. The van der Waals surface area contributed by atoms with E-state index in [0.717, 1.165) is 14.2 Å². The lowest BCUT2D eigenvalue weighted by Gasteiger charge is -2.43. The molecule has 2 aliphatic rings. The summed E-state index contributed by atoms with van der Waals surface area (Å²) in [5.41, 5.74) is -2.44. The van der Waals surface area contributed by atoms with Crippen LogP contribution in [-0.4, -0.2) is 66.4 Å². The van der Waals surface area contributed by atoms with Crippen LogP contribution in [0.2, 0.25) is 0 Å². The van der Waals surface area contributed by atoms with E-state index < -0.39 is 46.5 Å². The molecule has 2 aromatic carbocycles. The zero-order chi connectivity index (χ0) is 27.7. The van der Waals surface area contributed by atoms with Gasteiger partial charge in [-0.2, -0.15) is 0 Å². The summed E-state index contributed by atoms with van der Waals surface area (Å²) in [4.78, 5) is 41.2. The van der Waals surface area contributed by atoms with Gasteiger partial charge in [0.2, 0.25) is 11.2 Å². The fourth-order valence-electron chi connectivity index (χ4n) is 6.30. The van der Waals surface area contributed by atoms with E-state index in [-0.39, 0.29) is 12.8 Å². The van der Waals surface area contributed by atoms with Crippen molar-refractivity contribution in [1.82, 2.24) is 0 Å². The number of hydrogen-bond donors (Lipinski definition) is 0. The van der Waals surface area contributed by atoms with E-state index in [0.29, 0.717) is 22.6 Å². The van der Waals surface area contributed by atoms with Crippen LogP contribution in [0.5, 0.6) is 11.5 Å². The van der Waals surface area contributed by atoms with Crippen LogP contribution in [0.1, 0.15) is 36.0 Å². The van der Waals surface area contributed by atoms with Gasteiger partial charge in [0.15, 0.2) is 0 Å². The fourth-order valence-corrected chi connectivity index (χ4v) is 6.30. The van der Waals surface area contributed by atoms with E-state index in [1.807, 2.05) is 0 Å². The summed E-state index contributed by atoms with van der Waals surface area (Å²) >= 11 is 0. The largest absolute Gasteiger partial charge is 0.497 e. The molecule has 0 bridgehead atoms. The lowest BCUT2D eigenvalue weighted by atomic mass is 9.67. The Hall–Kier alpha value is -3.63. The average Bonchev–Trinajstić information content (AvgIpc) is 3.45. The maximum absolute atomic E-state index is 13.9. The normalized spacial score (nSPS) is 27.2. The predicted molar refractivity (Wildman–Crippen MR) is 132 cm³/mol. The molecule has 2 aromatic rings. The molecule has 38 heavy (non-hydrogen) atoms. The minimum atomic E-state index is -2.15. The summed E-state index contributed by atoms with van der Waals surface area (Å²) in [5.74, 6) is -4.22. The molecule has 10 heteroatoms. The Kier molecular flexibility index (Phi) is 7.40. The van der Waals surface area contributed by atoms with Crippen molar-refractivity contribution in [3.63, 3.8) is 0 Å². The van der Waals surface area contributed by atoms with E-state index in [4.69, 9.17) is 33.2 Å². The third-order valence-corrected chi connectivity index (χ3v) is 7.98. The highest BCUT2D eigenvalue weighted by molar-refractivity contribution is 6.04. The molecule has 4 rings (SSSR count). The van der Waals surface area contributed by atoms with E-state index in [1.165, 1.54) is 14.2 Å². The van der Waals surface area contributed by atoms with Crippen molar-refractivity contribution in [3.05, 3.63) is 59.7 Å². The lowest BCUT2D eigenvalue weighted by Crippen LogP contribution is -2.63. The Morgan fingerprint density at radius 1 is 0.684 bits per heavy atom. The molecule has 0 aromatic heterocycles. The van der Waals surface area contributed by atoms with E-state index in [2.05, 4.69) is 0 Å². The van der Waals surface area contributed by atoms with E-state index >= 15 is 0 Å². The van der Waals surface area contributed by atoms with Gasteiger partial charge in [-0.05, 0) is 48.2 Å². The van der Waals surface area contributed by atoms with Gasteiger partial charge in [0.05, 0.1) is 41.7 Å². The average molecular weight is 529 g/mol. The number of hydrogen-bond acceptors (Lipinski definition) is 10. The van der Waals surface area contributed by atoms with Gasteiger partial charge in [0, 0.05) is 13.0 Å². The molecule has 2 fully saturated rings. The molecule has 10 nitrogen and oxygen atoms in total. The molecule has 1 aliphatic heterocycles. The fraction of sp³-hybridized carbons (Fsp3) is 0.464. The quantitative estimate of drug-likeness (QED) is 0.287. The molecular weight excluding hydrogens is 496 g/mol. The first-order valence-corrected chi connectivity index (χ1v) is 12.0. The summed E-state index contributed by atoms with van der Waals surface area (Å²) in [6.45, 7) is 0. The Morgan fingerprint density at radius 3 is 1.58 bits per heavy atom. The molecule has 0 amide bonds. The van der Waals surface area contributed by atoms with Crippen molar-refractivity contribution in [2.24, 2.45) is 10.8 Å². The first-order chi connectivity index (χ1) is 18.2. The maximum Gasteiger partial charge on any atom is 0.328 e. The van der Waals surface area contributed by atoms with Gasteiger partial charge in [0.1, 0.15) is 16.9 Å². The number of methoxy groups -OCH3 is 6. The highest BCUT2D eigenvalue weighted by Gasteiger charge is 2.87. The number of benzene rings is 2. The summed E-state index contributed by atoms with van der Waals surface area (Å²) < 4.78 is 38.8. The highest BCUT2D eigenvalue weighted by atomic mass is 16.7. The molecule has 0 radical (unpaired) electrons. The number of rotatable bonds is 8. The molecule has 1 aliphatic carbocycles. The smallest absolute Gasteiger partial charge is 0.328 e. The summed E-state index contributed by atoms with van der Waals surface area (Å²) in [6, 6.07) is 14.1. The molecule has 4 atom stereocenters. The molecule has 1 heterocycles. The van der Waals surface area contributed by atoms with Crippen LogP contribution in [0.15, 0.2) is 48.5 Å². The van der Waals surface area contributed by atoms with Gasteiger partial charge in [0.25, 0.3) is 0 Å². The van der Waals surface area contributed by atoms with Crippen LogP contribution in [0.4, 0.5) is 0 Å². The third kappa shape index (κ3) is 3.58. The number of fused-ring (bicyclic) bond motifs is 1. The zero-order valence-electron chi connectivity index (χ0n) is 22.3. The number of carbonyl (C=O) groups excluding carboxylic acids is 3. The molecule has 0 unspecified atom stereocenters. The highest BCUT2D eigenvalue weighted by Crippen LogP contribution is 2.73. The third-order valence-electron chi connectivity index (χ3n) is 7.98. The molecule has 1 saturated heterocycles. The van der Waals surface area contributed by atoms with Gasteiger partial charge < -0.3 is 33.2 Å². The second-order valence-corrected chi connectivity index (χ2v) is 9.29. The van der Waals surface area contributed by atoms with Crippen LogP contribution in [0, 0.1) is 10.8 Å². The van der Waals surface area contributed by atoms with E-state index in [9.17, 15) is 14.4 Å². The van der Waals surface area contributed by atoms with Gasteiger partial charge in [-0.15, -0.1) is 0 Å². The molecule has 0 N–H and O–H groups in total. The molecule has 0 spiro atoms. The van der Waals surface area contributed by atoms with Crippen molar-refractivity contribution in [2.45, 2.75) is 30.7 Å². The Bertz CT molecular complexity index is 1180. The van der Waals surface area contributed by atoms with Gasteiger partial charge in [-0.3, -0.25) is 14.4 Å². The number of esters is 3. The standard InChI is InChI=1S/C28H32O10/c1-32-19-11-7-17(8-12-19)21-15-27(24(30)35-4,25(31)36-5)28(37-6)26(21,23(29)34-3)16-22(38-28)18-9-13-20(33-2)14-10-18/h7-14,21-22H,15-16H2,1-6H3/t21-,22-,26+,28+/m0/s1. The predicted octanol–water partition coefficient (Wildman–Crippen LogP) is 3.19. The van der Waals surface area contributed by atoms with Crippen LogP contribution in [0.25, 0.3) is 0 Å². The van der Waals surface area contributed by atoms with Crippen LogP contribution < -0.4 is 9.47 Å². The minimum Gasteiger partial charge on any atom is -0.497 e. The van der Waals surface area contributed by atoms with Gasteiger partial charge in [-0.25, -0.2) is 0 Å². The van der Waals surface area contributed by atoms with E-state index in [1.54, 1.807) is 62.8 Å². The Balaban J connectivity index is 2.02. The lowest BCUT2D eigenvalue weighted by molar-refractivity contribution is -0.294. The molecule has 204 valence electrons. The second-order valence-electron chi connectivity index (χ2n) is 9.29. The topological polar surface area (TPSA) is 116 Å². The first-order valence-electron chi connectivity index (χ1n) is 12.0. The van der Waals surface area contributed by atoms with Crippen LogP contribution >= 0.6 is 0 Å². The Morgan fingerprint density at radius 2 is 1.16 bits per heavy atom. The van der Waals surface area contributed by atoms with Gasteiger partial charge in [-0.1, -0.05) is 24.3 Å². The Labute approximate surface area is 221 Å². The SMILES string of the molecule is COC(=O)C1(C(=O)OC)C[C@@H](c2ccc(OC)cc2)[C@@]2(C(=O)OC)C[C@@H](c3ccc(OC)cc3)O[C@@]12OC. The minimum absolute atomic E-state index is 0.0479. The van der Waals surface area contributed by atoms with Crippen molar-refractivity contribution >= 4 is 17.9 Å². The summed E-state index contributed by atoms with van der Waals surface area (Å²) in [5, 5.41) is 0. The molecule has 1 saturated carbocycles. The first kappa shape index (κ1) is 27.4. The zero-order valence-corrected chi connectivity index (χ0v) is 22.3. The van der Waals surface area contributed by atoms with Crippen LogP contribution in [-0.2, 0) is 38.1 Å².